The molecule has 1 aliphatic heterocycles. The first-order valence-electron chi connectivity index (χ1n) is 11.4. The van der Waals surface area contributed by atoms with Crippen LogP contribution in [0.1, 0.15) is 35.6 Å². The SMILES string of the molecule is CC(=Cc1ccc2c(c1)CC(CC(=O)O)CN2S(=O)(=O)c1cccc(C(F)(F)F)c1)c1c(F)cccc1Cl. The minimum atomic E-state index is -4.74. The van der Waals surface area contributed by atoms with E-state index in [-0.39, 0.29) is 35.7 Å². The van der Waals surface area contributed by atoms with Crippen molar-refractivity contribution < 1.29 is 35.9 Å². The van der Waals surface area contributed by atoms with Gasteiger partial charge in [0, 0.05) is 12.1 Å². The van der Waals surface area contributed by atoms with E-state index in [9.17, 15) is 35.9 Å². The normalized spacial score (nSPS) is 16.3. The number of carboxylic acid groups (broad SMARTS) is 1. The van der Waals surface area contributed by atoms with Gasteiger partial charge in [-0.25, -0.2) is 12.8 Å². The van der Waals surface area contributed by atoms with E-state index in [1.807, 2.05) is 0 Å². The van der Waals surface area contributed by atoms with Crippen LogP contribution in [0.25, 0.3) is 11.6 Å². The Kier molecular flexibility index (Phi) is 7.58. The smallest absolute Gasteiger partial charge is 0.416 e. The molecule has 0 fully saturated rings. The zero-order valence-corrected chi connectivity index (χ0v) is 21.5. The number of sulfonamides is 1. The number of alkyl halides is 3. The summed E-state index contributed by atoms with van der Waals surface area (Å²) in [4.78, 5) is 10.9. The molecule has 0 saturated heterocycles. The van der Waals surface area contributed by atoms with Gasteiger partial charge in [0.25, 0.3) is 10.0 Å². The number of rotatable bonds is 6. The molecule has 200 valence electrons. The van der Waals surface area contributed by atoms with Crippen molar-refractivity contribution in [1.29, 1.82) is 0 Å². The van der Waals surface area contributed by atoms with E-state index in [4.69, 9.17) is 11.6 Å². The topological polar surface area (TPSA) is 74.7 Å². The lowest BCUT2D eigenvalue weighted by Gasteiger charge is -2.35. The summed E-state index contributed by atoms with van der Waals surface area (Å²) < 4.78 is 82.1. The third-order valence-corrected chi connectivity index (χ3v) is 8.35. The molecular formula is C27H22ClF4NO4S. The van der Waals surface area contributed by atoms with Crippen molar-refractivity contribution in [2.24, 2.45) is 5.92 Å². The average Bonchev–Trinajstić information content (AvgIpc) is 2.82. The van der Waals surface area contributed by atoms with E-state index in [2.05, 4.69) is 0 Å². The summed E-state index contributed by atoms with van der Waals surface area (Å²) in [7, 11) is -4.46. The van der Waals surface area contributed by atoms with Crippen molar-refractivity contribution in [2.75, 3.05) is 10.8 Å². The Morgan fingerprint density at radius 2 is 1.84 bits per heavy atom. The summed E-state index contributed by atoms with van der Waals surface area (Å²) in [6.45, 7) is 1.46. The molecule has 5 nitrogen and oxygen atoms in total. The van der Waals surface area contributed by atoms with Crippen LogP contribution < -0.4 is 4.31 Å². The molecule has 3 aromatic carbocycles. The molecular weight excluding hydrogens is 546 g/mol. The number of hydrogen-bond acceptors (Lipinski definition) is 3. The van der Waals surface area contributed by atoms with Crippen molar-refractivity contribution in [1.82, 2.24) is 0 Å². The van der Waals surface area contributed by atoms with Crippen molar-refractivity contribution in [3.05, 3.63) is 93.8 Å². The number of nitrogens with zero attached hydrogens (tertiary/aromatic N) is 1. The molecule has 1 N–H and O–H groups in total. The Balaban J connectivity index is 1.78. The van der Waals surface area contributed by atoms with Gasteiger partial charge in [0.1, 0.15) is 5.82 Å². The molecule has 0 aromatic heterocycles. The third-order valence-electron chi connectivity index (χ3n) is 6.26. The number of hydrogen-bond donors (Lipinski definition) is 1. The number of fused-ring (bicyclic) bond motifs is 1. The summed E-state index contributed by atoms with van der Waals surface area (Å²) in [5.41, 5.74) is 0.944. The second kappa shape index (κ2) is 10.4. The first-order chi connectivity index (χ1) is 17.8. The minimum Gasteiger partial charge on any atom is -0.481 e. The maximum absolute atomic E-state index is 14.4. The molecule has 4 rings (SSSR count). The Bertz CT molecular complexity index is 1520. The summed E-state index contributed by atoms with van der Waals surface area (Å²) in [5, 5.41) is 9.57. The molecule has 0 saturated carbocycles. The van der Waals surface area contributed by atoms with Crippen LogP contribution >= 0.6 is 11.6 Å². The van der Waals surface area contributed by atoms with Crippen LogP contribution in [0.4, 0.5) is 23.2 Å². The highest BCUT2D eigenvalue weighted by Crippen LogP contribution is 2.38. The molecule has 3 aromatic rings. The van der Waals surface area contributed by atoms with Gasteiger partial charge in [-0.05, 0) is 78.4 Å². The zero-order chi connectivity index (χ0) is 27.8. The molecule has 1 atom stereocenters. The van der Waals surface area contributed by atoms with Gasteiger partial charge < -0.3 is 5.11 Å². The van der Waals surface area contributed by atoms with Crippen molar-refractivity contribution in [2.45, 2.75) is 30.8 Å². The predicted octanol–water partition coefficient (Wildman–Crippen LogP) is 6.90. The molecule has 38 heavy (non-hydrogen) atoms. The van der Waals surface area contributed by atoms with Gasteiger partial charge in [0.15, 0.2) is 0 Å². The molecule has 11 heteroatoms. The van der Waals surface area contributed by atoms with Crippen LogP contribution in [0, 0.1) is 11.7 Å². The highest BCUT2D eigenvalue weighted by atomic mass is 35.5. The molecule has 1 aliphatic rings. The number of anilines is 1. The molecule has 0 radical (unpaired) electrons. The second-order valence-corrected chi connectivity index (χ2v) is 11.3. The van der Waals surface area contributed by atoms with Gasteiger partial charge in [-0.2, -0.15) is 13.2 Å². The monoisotopic (exact) mass is 567 g/mol. The van der Waals surface area contributed by atoms with E-state index in [1.54, 1.807) is 31.2 Å². The second-order valence-electron chi connectivity index (χ2n) is 9.04. The number of halogens is 5. The number of allylic oxidation sites excluding steroid dienone is 1. The number of carboxylic acids is 1. The summed E-state index contributed by atoms with van der Waals surface area (Å²) >= 11 is 6.16. The van der Waals surface area contributed by atoms with E-state index in [0.29, 0.717) is 22.8 Å². The van der Waals surface area contributed by atoms with Crippen molar-refractivity contribution >= 4 is 44.9 Å². The van der Waals surface area contributed by atoms with Crippen LogP contribution in [0.2, 0.25) is 5.02 Å². The van der Waals surface area contributed by atoms with Gasteiger partial charge in [-0.1, -0.05) is 35.9 Å². The van der Waals surface area contributed by atoms with Crippen LogP contribution in [0.5, 0.6) is 0 Å². The quantitative estimate of drug-likeness (QED) is 0.260. The van der Waals surface area contributed by atoms with Gasteiger partial charge in [0.05, 0.1) is 27.6 Å². The molecule has 0 spiro atoms. The molecule has 0 amide bonds. The lowest BCUT2D eigenvalue weighted by Crippen LogP contribution is -2.40. The third kappa shape index (κ3) is 5.71. The maximum atomic E-state index is 14.4. The van der Waals surface area contributed by atoms with Crippen molar-refractivity contribution in [3.8, 4) is 0 Å². The molecule has 0 bridgehead atoms. The van der Waals surface area contributed by atoms with Gasteiger partial charge in [0.2, 0.25) is 0 Å². The number of carbonyl (C=O) groups is 1. The first kappa shape index (κ1) is 27.7. The fourth-order valence-electron chi connectivity index (χ4n) is 4.58. The standard InChI is InChI=1S/C27H22ClF4NO4S/c1-16(26-22(28)6-3-7-23(26)29)10-17-8-9-24-19(11-17)12-18(13-25(34)35)15-33(24)38(36,37)21-5-2-4-20(14-21)27(30,31)32/h2-11,14,18H,12-13,15H2,1H3,(H,34,35). The van der Waals surface area contributed by atoms with Crippen molar-refractivity contribution in [3.63, 3.8) is 0 Å². The van der Waals surface area contributed by atoms with E-state index in [0.717, 1.165) is 22.5 Å². The van der Waals surface area contributed by atoms with Gasteiger partial charge >= 0.3 is 12.1 Å². The summed E-state index contributed by atoms with van der Waals surface area (Å²) in [5.74, 6) is -2.26. The number of benzene rings is 3. The predicted molar refractivity (Wildman–Crippen MR) is 137 cm³/mol. The Hall–Kier alpha value is -3.37. The first-order valence-corrected chi connectivity index (χ1v) is 13.3. The Labute approximate surface area is 222 Å². The zero-order valence-electron chi connectivity index (χ0n) is 20.0. The van der Waals surface area contributed by atoms with Crippen LogP contribution in [-0.2, 0) is 27.4 Å². The summed E-state index contributed by atoms with van der Waals surface area (Å²) in [6.07, 6.45) is -3.18. The van der Waals surface area contributed by atoms with E-state index >= 15 is 0 Å². The van der Waals surface area contributed by atoms with Crippen LogP contribution in [-0.4, -0.2) is 26.0 Å². The van der Waals surface area contributed by atoms with Gasteiger partial charge in [-0.3, -0.25) is 9.10 Å². The minimum absolute atomic E-state index is 0.211. The lowest BCUT2D eigenvalue weighted by molar-refractivity contribution is -0.138. The Morgan fingerprint density at radius 3 is 2.50 bits per heavy atom. The van der Waals surface area contributed by atoms with Crippen LogP contribution in [0.3, 0.4) is 0 Å². The highest BCUT2D eigenvalue weighted by molar-refractivity contribution is 7.92. The average molecular weight is 568 g/mol. The Morgan fingerprint density at radius 1 is 1.13 bits per heavy atom. The fraction of sp³-hybridized carbons (Fsp3) is 0.222. The molecule has 0 aliphatic carbocycles. The fourth-order valence-corrected chi connectivity index (χ4v) is 6.52. The van der Waals surface area contributed by atoms with Crippen LogP contribution in [0.15, 0.2) is 65.6 Å². The van der Waals surface area contributed by atoms with Gasteiger partial charge in [-0.15, -0.1) is 0 Å². The van der Waals surface area contributed by atoms with E-state index in [1.165, 1.54) is 18.2 Å². The van der Waals surface area contributed by atoms with E-state index < -0.39 is 44.4 Å². The lowest BCUT2D eigenvalue weighted by atomic mass is 9.90. The molecule has 1 unspecified atom stereocenters. The molecule has 1 heterocycles. The summed E-state index contributed by atoms with van der Waals surface area (Å²) in [6, 6.07) is 12.5. The largest absolute Gasteiger partial charge is 0.481 e. The highest BCUT2D eigenvalue weighted by Gasteiger charge is 2.36. The number of aliphatic carboxylic acids is 1. The maximum Gasteiger partial charge on any atom is 0.416 e.